The minimum Gasteiger partial charge on any atom is -0.461 e. The summed E-state index contributed by atoms with van der Waals surface area (Å²) >= 11 is 0. The van der Waals surface area contributed by atoms with Crippen LogP contribution in [-0.2, 0) is 43.5 Å². The molecule has 1 aliphatic heterocycles. The maximum Gasteiger partial charge on any atom is 0.272 e. The average molecular weight is 617 g/mol. The van der Waals surface area contributed by atoms with Crippen LogP contribution >= 0.6 is 0 Å². The van der Waals surface area contributed by atoms with Crippen LogP contribution < -0.4 is 0 Å². The molecule has 44 heavy (non-hydrogen) atoms. The Balaban J connectivity index is 1.67. The summed E-state index contributed by atoms with van der Waals surface area (Å²) in [5.74, 6) is 0. The molecule has 1 heterocycles. The lowest BCUT2D eigenvalue weighted by Gasteiger charge is -2.47. The highest BCUT2D eigenvalue weighted by atomic mass is 28.3. The van der Waals surface area contributed by atoms with Gasteiger partial charge >= 0.3 is 0 Å². The third-order valence-corrected chi connectivity index (χ3v) is 13.6. The van der Waals surface area contributed by atoms with Crippen LogP contribution in [0.1, 0.15) is 44.4 Å². The van der Waals surface area contributed by atoms with E-state index in [4.69, 9.17) is 23.7 Å². The van der Waals surface area contributed by atoms with Crippen LogP contribution in [0.3, 0.4) is 0 Å². The minimum atomic E-state index is -2.51. The second kappa shape index (κ2) is 15.3. The highest BCUT2D eigenvalue weighted by Crippen LogP contribution is 2.39. The van der Waals surface area contributed by atoms with E-state index in [9.17, 15) is 4.79 Å². The smallest absolute Gasteiger partial charge is 0.272 e. The number of benzene rings is 3. The summed E-state index contributed by atoms with van der Waals surface area (Å²) in [7, 11) is -2.51. The number of hydrogen-bond acceptors (Lipinski definition) is 6. The highest BCUT2D eigenvalue weighted by Gasteiger charge is 2.52. The summed E-state index contributed by atoms with van der Waals surface area (Å²) in [5.41, 5.74) is 3.67. The van der Waals surface area contributed by atoms with Gasteiger partial charge in [0, 0.05) is 0 Å². The van der Waals surface area contributed by atoms with Crippen LogP contribution in [0.15, 0.2) is 103 Å². The molecule has 236 valence electrons. The van der Waals surface area contributed by atoms with Gasteiger partial charge in [0.05, 0.1) is 26.4 Å². The van der Waals surface area contributed by atoms with Crippen molar-refractivity contribution >= 4 is 13.7 Å². The molecule has 4 rings (SSSR count). The number of rotatable bonds is 13. The first kappa shape index (κ1) is 33.8. The van der Waals surface area contributed by atoms with E-state index in [-0.39, 0.29) is 17.2 Å². The van der Waals surface area contributed by atoms with Gasteiger partial charge in [-0.1, -0.05) is 131 Å². The Hall–Kier alpha value is -3.07. The monoisotopic (exact) mass is 616 g/mol. The number of ether oxygens (including phenoxy) is 5. The van der Waals surface area contributed by atoms with E-state index in [1.165, 1.54) is 0 Å². The molecule has 0 aromatic heterocycles. The van der Waals surface area contributed by atoms with Crippen molar-refractivity contribution in [3.05, 3.63) is 120 Å². The molecule has 3 aromatic rings. The molecule has 6 nitrogen and oxygen atoms in total. The zero-order chi connectivity index (χ0) is 31.7. The molecule has 0 saturated carbocycles. The Morgan fingerprint density at radius 1 is 0.750 bits per heavy atom. The molecule has 0 aliphatic carbocycles. The first-order chi connectivity index (χ1) is 21.0. The molecule has 0 spiro atoms. The quantitative estimate of drug-likeness (QED) is 0.142. The average Bonchev–Trinajstić information content (AvgIpc) is 3.00. The molecule has 0 unspecified atom stereocenters. The van der Waals surface area contributed by atoms with Crippen LogP contribution in [0.5, 0.6) is 0 Å². The Morgan fingerprint density at radius 3 is 1.66 bits per heavy atom. The SMILES string of the molecule is C=C(C)[C@@H]1O[C@H](COCc2ccccc2)[C@@H](OCc2ccccc2)[C@H](OCc2ccccc2)[C@H]1OC(=O)[Si](C)(C)C(C)(C)C. The van der Waals surface area contributed by atoms with Gasteiger partial charge < -0.3 is 23.7 Å². The van der Waals surface area contributed by atoms with Gasteiger partial charge in [-0.25, -0.2) is 0 Å². The fraction of sp³-hybridized carbons (Fsp3) is 0.432. The van der Waals surface area contributed by atoms with E-state index in [0.717, 1.165) is 22.3 Å². The molecule has 7 heteroatoms. The third kappa shape index (κ3) is 8.77. The molecular weight excluding hydrogens is 568 g/mol. The van der Waals surface area contributed by atoms with Crippen molar-refractivity contribution in [3.8, 4) is 0 Å². The molecule has 3 aromatic carbocycles. The number of carbonyl (C=O) groups excluding carboxylic acids is 1. The predicted molar refractivity (Wildman–Crippen MR) is 177 cm³/mol. The standard InChI is InChI=1S/C37H48O6Si/c1-27(2)32-35(43-36(38)44(6,7)37(3,4)5)34(41-25-30-21-15-10-16-22-30)33(40-24-29-19-13-9-14-20-29)31(42-32)26-39-23-28-17-11-8-12-18-28/h8-22,31-35H,1,23-26H2,2-7H3/t31-,32+,33-,34+,35+/m1/s1. The van der Waals surface area contributed by atoms with E-state index >= 15 is 0 Å². The maximum atomic E-state index is 13.9. The Labute approximate surface area is 264 Å². The predicted octanol–water partition coefficient (Wildman–Crippen LogP) is 8.31. The van der Waals surface area contributed by atoms with E-state index in [1.807, 2.05) is 97.9 Å². The van der Waals surface area contributed by atoms with Gasteiger partial charge in [-0.2, -0.15) is 0 Å². The number of hydrogen-bond donors (Lipinski definition) is 0. The lowest BCUT2D eigenvalue weighted by atomic mass is 9.91. The lowest BCUT2D eigenvalue weighted by Crippen LogP contribution is -2.63. The van der Waals surface area contributed by atoms with Crippen LogP contribution in [0.2, 0.25) is 18.1 Å². The van der Waals surface area contributed by atoms with E-state index in [0.29, 0.717) is 19.8 Å². The summed E-state index contributed by atoms with van der Waals surface area (Å²) in [6.07, 6.45) is -3.04. The van der Waals surface area contributed by atoms with Gasteiger partial charge in [0.25, 0.3) is 5.59 Å². The Bertz CT molecular complexity index is 1320. The van der Waals surface area contributed by atoms with Crippen molar-refractivity contribution in [1.29, 1.82) is 0 Å². The Morgan fingerprint density at radius 2 is 1.20 bits per heavy atom. The molecule has 0 amide bonds. The fourth-order valence-electron chi connectivity index (χ4n) is 4.94. The minimum absolute atomic E-state index is 0.182. The zero-order valence-electron chi connectivity index (χ0n) is 27.0. The molecule has 5 atom stereocenters. The van der Waals surface area contributed by atoms with Crippen LogP contribution in [-0.4, -0.2) is 50.8 Å². The van der Waals surface area contributed by atoms with Gasteiger partial charge in [0.2, 0.25) is 0 Å². The van der Waals surface area contributed by atoms with E-state index < -0.39 is 38.6 Å². The first-order valence-electron chi connectivity index (χ1n) is 15.4. The van der Waals surface area contributed by atoms with Gasteiger partial charge in [-0.15, -0.1) is 0 Å². The topological polar surface area (TPSA) is 63.2 Å². The summed E-state index contributed by atoms with van der Waals surface area (Å²) in [6, 6.07) is 30.0. The fourth-order valence-corrected chi connectivity index (χ4v) is 5.99. The van der Waals surface area contributed by atoms with Crippen molar-refractivity contribution in [2.24, 2.45) is 0 Å². The second-order valence-electron chi connectivity index (χ2n) is 13.2. The molecule has 1 fully saturated rings. The number of carbonyl (C=O) groups is 1. The van der Waals surface area contributed by atoms with Crippen molar-refractivity contribution in [3.63, 3.8) is 0 Å². The summed E-state index contributed by atoms with van der Waals surface area (Å²) in [6.45, 7) is 17.9. The normalized spacial score (nSPS) is 22.4. The van der Waals surface area contributed by atoms with E-state index in [2.05, 4.69) is 40.4 Å². The maximum absolute atomic E-state index is 13.9. The molecule has 1 aliphatic rings. The molecule has 0 radical (unpaired) electrons. The van der Waals surface area contributed by atoms with Crippen molar-refractivity contribution < 1.29 is 28.5 Å². The second-order valence-corrected chi connectivity index (χ2v) is 18.4. The Kier molecular flexibility index (Phi) is 11.7. The van der Waals surface area contributed by atoms with Crippen molar-refractivity contribution in [2.45, 2.75) is 96.2 Å². The van der Waals surface area contributed by atoms with Crippen LogP contribution in [0.25, 0.3) is 0 Å². The van der Waals surface area contributed by atoms with Crippen molar-refractivity contribution in [2.75, 3.05) is 6.61 Å². The van der Waals surface area contributed by atoms with Gasteiger partial charge in [-0.05, 0) is 34.2 Å². The summed E-state index contributed by atoms with van der Waals surface area (Å²) in [4.78, 5) is 13.9. The molecule has 1 saturated heterocycles. The van der Waals surface area contributed by atoms with Crippen LogP contribution in [0.4, 0.5) is 4.79 Å². The summed E-state index contributed by atoms with van der Waals surface area (Å²) < 4.78 is 32.7. The van der Waals surface area contributed by atoms with Gasteiger partial charge in [0.15, 0.2) is 14.2 Å². The lowest BCUT2D eigenvalue weighted by molar-refractivity contribution is -0.251. The van der Waals surface area contributed by atoms with Gasteiger partial charge in [-0.3, -0.25) is 4.79 Å². The highest BCUT2D eigenvalue weighted by molar-refractivity contribution is 7.05. The summed E-state index contributed by atoms with van der Waals surface area (Å²) in [5, 5.41) is -0.199. The van der Waals surface area contributed by atoms with Gasteiger partial charge in [0.1, 0.15) is 24.4 Å². The molecular formula is C37H48O6Si. The third-order valence-electron chi connectivity index (χ3n) is 8.71. The molecule has 0 N–H and O–H groups in total. The van der Waals surface area contributed by atoms with E-state index in [1.54, 1.807) is 0 Å². The van der Waals surface area contributed by atoms with Crippen molar-refractivity contribution in [1.82, 2.24) is 0 Å². The molecule has 0 bridgehead atoms. The van der Waals surface area contributed by atoms with Crippen LogP contribution in [0, 0.1) is 0 Å². The first-order valence-corrected chi connectivity index (χ1v) is 18.4. The zero-order valence-corrected chi connectivity index (χ0v) is 28.0. The largest absolute Gasteiger partial charge is 0.461 e.